The second-order valence-corrected chi connectivity index (χ2v) is 7.56. The van der Waals surface area contributed by atoms with Crippen molar-refractivity contribution >= 4 is 40.0 Å². The van der Waals surface area contributed by atoms with Crippen LogP contribution < -0.4 is 10.2 Å². The highest BCUT2D eigenvalue weighted by Crippen LogP contribution is 2.30. The number of amides is 2. The molecule has 0 saturated heterocycles. The summed E-state index contributed by atoms with van der Waals surface area (Å²) in [5.41, 5.74) is 3.74. The highest BCUT2D eigenvalue weighted by atomic mass is 32.2. The van der Waals surface area contributed by atoms with Crippen LogP contribution in [0.5, 0.6) is 0 Å². The van der Waals surface area contributed by atoms with E-state index in [9.17, 15) is 9.59 Å². The normalized spacial score (nSPS) is 16.3. The van der Waals surface area contributed by atoms with Crippen molar-refractivity contribution in [3.63, 3.8) is 0 Å². The van der Waals surface area contributed by atoms with Crippen molar-refractivity contribution in [1.82, 2.24) is 0 Å². The minimum absolute atomic E-state index is 0.112. The number of nitrogens with one attached hydrogen (secondary N) is 1. The standard InChI is InChI=1S/C20H21N3O2S/c1-13-6-4-5-7-16(13)21-18(24)12-17-19(25)22-20(26-17)14-8-10-15(11-9-14)23(2)3/h4-11,17H,12H2,1-3H3,(H,21,24)/t17-/m0/s1. The molecule has 1 N–H and O–H groups in total. The van der Waals surface area contributed by atoms with Gasteiger partial charge in [0.25, 0.3) is 5.91 Å². The zero-order valence-corrected chi connectivity index (χ0v) is 15.8. The number of nitrogens with zero attached hydrogens (tertiary/aromatic N) is 2. The fourth-order valence-corrected chi connectivity index (χ4v) is 3.70. The first-order valence-electron chi connectivity index (χ1n) is 8.36. The quantitative estimate of drug-likeness (QED) is 0.879. The molecule has 1 aliphatic heterocycles. The topological polar surface area (TPSA) is 61.8 Å². The molecule has 2 aromatic carbocycles. The van der Waals surface area contributed by atoms with Gasteiger partial charge in [0.05, 0.1) is 0 Å². The van der Waals surface area contributed by atoms with Crippen molar-refractivity contribution in [2.45, 2.75) is 18.6 Å². The van der Waals surface area contributed by atoms with Crippen LogP contribution in [0.4, 0.5) is 11.4 Å². The molecule has 2 aromatic rings. The summed E-state index contributed by atoms with van der Waals surface area (Å²) < 4.78 is 0. The molecule has 1 atom stereocenters. The largest absolute Gasteiger partial charge is 0.378 e. The van der Waals surface area contributed by atoms with Gasteiger partial charge in [-0.25, -0.2) is 4.99 Å². The Morgan fingerprint density at radius 1 is 1.15 bits per heavy atom. The van der Waals surface area contributed by atoms with Crippen LogP contribution in [-0.2, 0) is 9.59 Å². The summed E-state index contributed by atoms with van der Waals surface area (Å²) in [4.78, 5) is 30.6. The van der Waals surface area contributed by atoms with Crippen LogP contribution in [0.15, 0.2) is 53.5 Å². The molecule has 3 rings (SSSR count). The molecule has 1 aliphatic rings. The molecule has 0 saturated carbocycles. The fraction of sp³-hybridized carbons (Fsp3) is 0.250. The molecule has 0 aromatic heterocycles. The second-order valence-electron chi connectivity index (χ2n) is 6.37. The Morgan fingerprint density at radius 3 is 2.50 bits per heavy atom. The van der Waals surface area contributed by atoms with Crippen LogP contribution in [0.25, 0.3) is 0 Å². The highest BCUT2D eigenvalue weighted by molar-refractivity contribution is 8.16. The smallest absolute Gasteiger partial charge is 0.260 e. The van der Waals surface area contributed by atoms with Gasteiger partial charge in [-0.1, -0.05) is 42.1 Å². The van der Waals surface area contributed by atoms with E-state index < -0.39 is 5.25 Å². The van der Waals surface area contributed by atoms with Gasteiger partial charge in [-0.2, -0.15) is 0 Å². The van der Waals surface area contributed by atoms with Crippen LogP contribution in [-0.4, -0.2) is 36.2 Å². The van der Waals surface area contributed by atoms with Gasteiger partial charge in [-0.3, -0.25) is 9.59 Å². The van der Waals surface area contributed by atoms with E-state index in [4.69, 9.17) is 0 Å². The van der Waals surface area contributed by atoms with E-state index in [1.165, 1.54) is 11.8 Å². The van der Waals surface area contributed by atoms with E-state index in [0.717, 1.165) is 22.5 Å². The first-order valence-corrected chi connectivity index (χ1v) is 9.24. The van der Waals surface area contributed by atoms with Crippen LogP contribution in [0.3, 0.4) is 0 Å². The molecule has 1 heterocycles. The number of carbonyl (C=O) groups is 2. The lowest BCUT2D eigenvalue weighted by atomic mass is 10.2. The summed E-state index contributed by atoms with van der Waals surface area (Å²) in [6.07, 6.45) is 0.112. The van der Waals surface area contributed by atoms with Gasteiger partial charge in [-0.05, 0) is 30.7 Å². The molecular formula is C20H21N3O2S. The highest BCUT2D eigenvalue weighted by Gasteiger charge is 2.31. The van der Waals surface area contributed by atoms with Gasteiger partial charge < -0.3 is 10.2 Å². The summed E-state index contributed by atoms with van der Waals surface area (Å²) in [7, 11) is 3.95. The van der Waals surface area contributed by atoms with E-state index in [1.54, 1.807) is 0 Å². The molecule has 2 amide bonds. The molecule has 6 heteroatoms. The Hall–Kier alpha value is -2.60. The van der Waals surface area contributed by atoms with Gasteiger partial charge in [-0.15, -0.1) is 0 Å². The van der Waals surface area contributed by atoms with Gasteiger partial charge >= 0.3 is 0 Å². The average molecular weight is 367 g/mol. The van der Waals surface area contributed by atoms with Crippen molar-refractivity contribution in [2.75, 3.05) is 24.3 Å². The molecule has 0 radical (unpaired) electrons. The minimum atomic E-state index is -0.470. The number of anilines is 2. The molecule has 26 heavy (non-hydrogen) atoms. The summed E-state index contributed by atoms with van der Waals surface area (Å²) in [6, 6.07) is 15.4. The number of benzene rings is 2. The first kappa shape index (κ1) is 18.2. The minimum Gasteiger partial charge on any atom is -0.378 e. The lowest BCUT2D eigenvalue weighted by Gasteiger charge is -2.12. The predicted molar refractivity (Wildman–Crippen MR) is 108 cm³/mol. The van der Waals surface area contributed by atoms with Gasteiger partial charge in [0.2, 0.25) is 5.91 Å². The Labute approximate surface area is 157 Å². The Balaban J connectivity index is 1.62. The first-order chi connectivity index (χ1) is 12.4. The van der Waals surface area contributed by atoms with E-state index in [-0.39, 0.29) is 18.2 Å². The van der Waals surface area contributed by atoms with Gasteiger partial charge in [0.15, 0.2) is 0 Å². The zero-order chi connectivity index (χ0) is 18.7. The van der Waals surface area contributed by atoms with E-state index in [2.05, 4.69) is 10.3 Å². The average Bonchev–Trinajstić information content (AvgIpc) is 2.97. The third kappa shape index (κ3) is 4.14. The number of hydrogen-bond acceptors (Lipinski definition) is 4. The number of aryl methyl sites for hydroxylation is 1. The zero-order valence-electron chi connectivity index (χ0n) is 15.0. The summed E-state index contributed by atoms with van der Waals surface area (Å²) in [6.45, 7) is 1.93. The second kappa shape index (κ2) is 7.74. The number of thioether (sulfide) groups is 1. The van der Waals surface area contributed by atoms with Gasteiger partial charge in [0.1, 0.15) is 10.3 Å². The fourth-order valence-electron chi connectivity index (χ4n) is 2.63. The SMILES string of the molecule is Cc1ccccc1NC(=O)C[C@@H]1SC(c2ccc(N(C)C)cc2)=NC1=O. The summed E-state index contributed by atoms with van der Waals surface area (Å²) in [5, 5.41) is 3.08. The molecule has 134 valence electrons. The molecule has 0 aliphatic carbocycles. The maximum absolute atomic E-state index is 12.3. The third-order valence-corrected chi connectivity index (χ3v) is 5.36. The third-order valence-electron chi connectivity index (χ3n) is 4.16. The number of hydrogen-bond donors (Lipinski definition) is 1. The van der Waals surface area contributed by atoms with Crippen LogP contribution in [0, 0.1) is 6.92 Å². The van der Waals surface area contributed by atoms with Crippen molar-refractivity contribution in [3.05, 3.63) is 59.7 Å². The Morgan fingerprint density at radius 2 is 1.85 bits per heavy atom. The van der Waals surface area contributed by atoms with Gasteiger partial charge in [0, 0.05) is 37.5 Å². The van der Waals surface area contributed by atoms with E-state index in [1.807, 2.05) is 74.4 Å². The molecule has 5 nitrogen and oxygen atoms in total. The van der Waals surface area contributed by atoms with E-state index in [0.29, 0.717) is 5.04 Å². The predicted octanol–water partition coefficient (Wildman–Crippen LogP) is 3.48. The maximum Gasteiger partial charge on any atom is 0.260 e. The van der Waals surface area contributed by atoms with Crippen molar-refractivity contribution in [3.8, 4) is 0 Å². The number of rotatable bonds is 5. The van der Waals surface area contributed by atoms with Crippen molar-refractivity contribution < 1.29 is 9.59 Å². The Bertz CT molecular complexity index is 860. The molecule has 0 bridgehead atoms. The van der Waals surface area contributed by atoms with E-state index >= 15 is 0 Å². The number of carbonyl (C=O) groups excluding carboxylic acids is 2. The van der Waals surface area contributed by atoms with Crippen molar-refractivity contribution in [2.24, 2.45) is 4.99 Å². The number of aliphatic imine (C=N–C) groups is 1. The maximum atomic E-state index is 12.3. The van der Waals surface area contributed by atoms with Crippen LogP contribution in [0.2, 0.25) is 0 Å². The molecule has 0 fully saturated rings. The van der Waals surface area contributed by atoms with Crippen LogP contribution >= 0.6 is 11.8 Å². The van der Waals surface area contributed by atoms with Crippen molar-refractivity contribution in [1.29, 1.82) is 0 Å². The lowest BCUT2D eigenvalue weighted by Crippen LogP contribution is -2.21. The monoisotopic (exact) mass is 367 g/mol. The number of para-hydroxylation sites is 1. The Kier molecular flexibility index (Phi) is 5.42. The molecular weight excluding hydrogens is 346 g/mol. The summed E-state index contributed by atoms with van der Waals surface area (Å²) in [5.74, 6) is -0.425. The van der Waals surface area contributed by atoms with Crippen LogP contribution in [0.1, 0.15) is 17.5 Å². The lowest BCUT2D eigenvalue weighted by molar-refractivity contribution is -0.121. The molecule has 0 spiro atoms. The molecule has 0 unspecified atom stereocenters. The summed E-state index contributed by atoms with van der Waals surface area (Å²) >= 11 is 1.36.